The number of aromatic nitrogens is 1. The molecule has 0 unspecified atom stereocenters. The predicted molar refractivity (Wildman–Crippen MR) is 80.5 cm³/mol. The fraction of sp³-hybridized carbons (Fsp3) is 0.214. The van der Waals surface area contributed by atoms with E-state index in [4.69, 9.17) is 0 Å². The van der Waals surface area contributed by atoms with Crippen molar-refractivity contribution < 1.29 is 8.42 Å². The number of para-hydroxylation sites is 1. The van der Waals surface area contributed by atoms with Gasteiger partial charge in [-0.15, -0.1) is 0 Å². The molecular formula is C14H17N3O2S. The monoisotopic (exact) mass is 291 g/mol. The Morgan fingerprint density at radius 3 is 2.30 bits per heavy atom. The van der Waals surface area contributed by atoms with E-state index in [0.717, 1.165) is 11.1 Å². The van der Waals surface area contributed by atoms with Crippen LogP contribution < -0.4 is 10.0 Å². The van der Waals surface area contributed by atoms with Crippen molar-refractivity contribution in [2.75, 3.05) is 17.1 Å². The fourth-order valence-electron chi connectivity index (χ4n) is 1.95. The zero-order chi connectivity index (χ0) is 14.8. The average molecular weight is 291 g/mol. The highest BCUT2D eigenvalue weighted by atomic mass is 32.2. The molecular weight excluding hydrogens is 274 g/mol. The lowest BCUT2D eigenvalue weighted by Crippen LogP contribution is -2.17. The van der Waals surface area contributed by atoms with E-state index in [0.29, 0.717) is 11.4 Å². The standard InChI is InChI=1S/C14H17N3O2S/c1-10-6-4-7-11(2)13(10)17-20(18,19)14-12(15-3)8-5-9-16-14/h4-9,15,17H,1-3H3. The number of nitrogens with zero attached hydrogens (tertiary/aromatic N) is 1. The summed E-state index contributed by atoms with van der Waals surface area (Å²) in [6.45, 7) is 3.73. The summed E-state index contributed by atoms with van der Waals surface area (Å²) in [6.07, 6.45) is 1.46. The minimum Gasteiger partial charge on any atom is -0.386 e. The zero-order valence-electron chi connectivity index (χ0n) is 11.6. The third-order valence-corrected chi connectivity index (χ3v) is 4.32. The Bertz CT molecular complexity index is 707. The van der Waals surface area contributed by atoms with Crippen molar-refractivity contribution in [3.05, 3.63) is 47.7 Å². The SMILES string of the molecule is CNc1cccnc1S(=O)(=O)Nc1c(C)cccc1C. The van der Waals surface area contributed by atoms with Crippen LogP contribution in [-0.4, -0.2) is 20.4 Å². The van der Waals surface area contributed by atoms with E-state index in [-0.39, 0.29) is 5.03 Å². The summed E-state index contributed by atoms with van der Waals surface area (Å²) in [4.78, 5) is 3.96. The summed E-state index contributed by atoms with van der Waals surface area (Å²) in [5, 5.41) is 2.83. The van der Waals surface area contributed by atoms with E-state index in [9.17, 15) is 8.42 Å². The van der Waals surface area contributed by atoms with Crippen molar-refractivity contribution in [1.82, 2.24) is 4.98 Å². The van der Waals surface area contributed by atoms with Crippen molar-refractivity contribution in [3.63, 3.8) is 0 Å². The number of rotatable bonds is 4. The van der Waals surface area contributed by atoms with Gasteiger partial charge in [0.05, 0.1) is 11.4 Å². The molecule has 1 heterocycles. The first kappa shape index (κ1) is 14.3. The van der Waals surface area contributed by atoms with E-state index < -0.39 is 10.0 Å². The number of nitrogens with one attached hydrogen (secondary N) is 2. The van der Waals surface area contributed by atoms with E-state index in [2.05, 4.69) is 15.0 Å². The molecule has 20 heavy (non-hydrogen) atoms. The topological polar surface area (TPSA) is 71.1 Å². The molecule has 1 aromatic carbocycles. The molecule has 5 nitrogen and oxygen atoms in total. The molecule has 106 valence electrons. The molecule has 0 radical (unpaired) electrons. The first-order chi connectivity index (χ1) is 9.45. The van der Waals surface area contributed by atoms with Gasteiger partial charge in [0.25, 0.3) is 10.0 Å². The van der Waals surface area contributed by atoms with Crippen LogP contribution in [0.2, 0.25) is 0 Å². The summed E-state index contributed by atoms with van der Waals surface area (Å²) in [7, 11) is -2.06. The number of hydrogen-bond donors (Lipinski definition) is 2. The number of aryl methyl sites for hydroxylation is 2. The van der Waals surface area contributed by atoms with Crippen LogP contribution in [0.5, 0.6) is 0 Å². The first-order valence-electron chi connectivity index (χ1n) is 6.17. The Morgan fingerprint density at radius 1 is 1.05 bits per heavy atom. The minimum atomic E-state index is -3.72. The number of sulfonamides is 1. The van der Waals surface area contributed by atoms with Crippen LogP contribution >= 0.6 is 0 Å². The van der Waals surface area contributed by atoms with Crippen LogP contribution in [0.1, 0.15) is 11.1 Å². The maximum atomic E-state index is 12.5. The van der Waals surface area contributed by atoms with Crippen molar-refractivity contribution in [1.29, 1.82) is 0 Å². The van der Waals surface area contributed by atoms with E-state index in [1.54, 1.807) is 19.2 Å². The van der Waals surface area contributed by atoms with Gasteiger partial charge in [-0.25, -0.2) is 4.98 Å². The molecule has 2 N–H and O–H groups in total. The van der Waals surface area contributed by atoms with Gasteiger partial charge in [-0.05, 0) is 37.1 Å². The van der Waals surface area contributed by atoms with E-state index >= 15 is 0 Å². The number of pyridine rings is 1. The molecule has 1 aromatic heterocycles. The molecule has 0 amide bonds. The Morgan fingerprint density at radius 2 is 1.70 bits per heavy atom. The molecule has 0 saturated carbocycles. The Kier molecular flexibility index (Phi) is 3.94. The molecule has 6 heteroatoms. The normalized spacial score (nSPS) is 11.2. The van der Waals surface area contributed by atoms with Crippen molar-refractivity contribution in [3.8, 4) is 0 Å². The summed E-state index contributed by atoms with van der Waals surface area (Å²) in [5.41, 5.74) is 2.80. The van der Waals surface area contributed by atoms with E-state index in [1.165, 1.54) is 6.20 Å². The molecule has 0 spiro atoms. The number of hydrogen-bond acceptors (Lipinski definition) is 4. The molecule has 2 rings (SSSR count). The van der Waals surface area contributed by atoms with Crippen LogP contribution in [0, 0.1) is 13.8 Å². The largest absolute Gasteiger partial charge is 0.386 e. The van der Waals surface area contributed by atoms with Crippen LogP contribution in [0.4, 0.5) is 11.4 Å². The molecule has 2 aromatic rings. The van der Waals surface area contributed by atoms with Gasteiger partial charge in [-0.3, -0.25) is 4.72 Å². The van der Waals surface area contributed by atoms with Crippen molar-refractivity contribution >= 4 is 21.4 Å². The second-order valence-corrected chi connectivity index (χ2v) is 6.08. The predicted octanol–water partition coefficient (Wildman–Crippen LogP) is 2.54. The van der Waals surface area contributed by atoms with Crippen LogP contribution in [0.3, 0.4) is 0 Å². The van der Waals surface area contributed by atoms with Crippen molar-refractivity contribution in [2.45, 2.75) is 18.9 Å². The van der Waals surface area contributed by atoms with Gasteiger partial charge < -0.3 is 5.32 Å². The molecule has 0 aliphatic rings. The smallest absolute Gasteiger partial charge is 0.281 e. The maximum Gasteiger partial charge on any atom is 0.281 e. The molecule has 0 saturated heterocycles. The van der Waals surface area contributed by atoms with Gasteiger partial charge in [-0.1, -0.05) is 18.2 Å². The minimum absolute atomic E-state index is 0.00912. The highest BCUT2D eigenvalue weighted by Gasteiger charge is 2.21. The molecule has 0 bridgehead atoms. The molecule has 0 aliphatic carbocycles. The Hall–Kier alpha value is -2.08. The van der Waals surface area contributed by atoms with Gasteiger partial charge in [0, 0.05) is 13.2 Å². The lowest BCUT2D eigenvalue weighted by atomic mass is 10.1. The highest BCUT2D eigenvalue weighted by Crippen LogP contribution is 2.25. The first-order valence-corrected chi connectivity index (χ1v) is 7.66. The Labute approximate surface area is 119 Å². The summed E-state index contributed by atoms with van der Waals surface area (Å²) < 4.78 is 27.6. The van der Waals surface area contributed by atoms with Crippen LogP contribution in [-0.2, 0) is 10.0 Å². The molecule has 0 aliphatic heterocycles. The summed E-state index contributed by atoms with van der Waals surface area (Å²) >= 11 is 0. The third kappa shape index (κ3) is 2.75. The number of anilines is 2. The third-order valence-electron chi connectivity index (χ3n) is 3.01. The van der Waals surface area contributed by atoms with Gasteiger partial charge >= 0.3 is 0 Å². The van der Waals surface area contributed by atoms with Gasteiger partial charge in [0.15, 0.2) is 5.03 Å². The molecule has 0 atom stereocenters. The van der Waals surface area contributed by atoms with Crippen LogP contribution in [0.25, 0.3) is 0 Å². The lowest BCUT2D eigenvalue weighted by molar-refractivity contribution is 0.598. The summed E-state index contributed by atoms with van der Waals surface area (Å²) in [6, 6.07) is 8.98. The number of benzene rings is 1. The quantitative estimate of drug-likeness (QED) is 0.908. The summed E-state index contributed by atoms with van der Waals surface area (Å²) in [5.74, 6) is 0. The maximum absolute atomic E-state index is 12.5. The van der Waals surface area contributed by atoms with Gasteiger partial charge in [0.1, 0.15) is 0 Å². The van der Waals surface area contributed by atoms with Crippen molar-refractivity contribution in [2.24, 2.45) is 0 Å². The van der Waals surface area contributed by atoms with Gasteiger partial charge in [0.2, 0.25) is 0 Å². The van der Waals surface area contributed by atoms with Gasteiger partial charge in [-0.2, -0.15) is 8.42 Å². The Balaban J connectivity index is 2.47. The zero-order valence-corrected chi connectivity index (χ0v) is 12.5. The second-order valence-electron chi connectivity index (χ2n) is 4.48. The molecule has 0 fully saturated rings. The second kappa shape index (κ2) is 5.50. The average Bonchev–Trinajstić information content (AvgIpc) is 2.43. The fourth-order valence-corrected chi connectivity index (χ4v) is 3.30. The van der Waals surface area contributed by atoms with E-state index in [1.807, 2.05) is 32.0 Å². The van der Waals surface area contributed by atoms with Crippen LogP contribution in [0.15, 0.2) is 41.6 Å². The lowest BCUT2D eigenvalue weighted by Gasteiger charge is -2.14. The highest BCUT2D eigenvalue weighted by molar-refractivity contribution is 7.92.